The van der Waals surface area contributed by atoms with Crippen LogP contribution in [-0.2, 0) is 0 Å². The largest absolute Gasteiger partial charge is 0.340 e. The van der Waals surface area contributed by atoms with Crippen molar-refractivity contribution in [3.05, 3.63) is 16.9 Å². The van der Waals surface area contributed by atoms with Gasteiger partial charge in [0.15, 0.2) is 0 Å². The predicted molar refractivity (Wildman–Crippen MR) is 95.6 cm³/mol. The molecule has 2 amide bonds. The first kappa shape index (κ1) is 18.0. The van der Waals surface area contributed by atoms with Crippen LogP contribution in [0.4, 0.5) is 10.7 Å². The third kappa shape index (κ3) is 5.64. The summed E-state index contributed by atoms with van der Waals surface area (Å²) in [7, 11) is 0. The molecule has 0 saturated carbocycles. The minimum Gasteiger partial charge on any atom is -0.340 e. The molecule has 1 saturated heterocycles. The van der Waals surface area contributed by atoms with Crippen LogP contribution in [0, 0.1) is 5.92 Å². The van der Waals surface area contributed by atoms with Gasteiger partial charge in [0.2, 0.25) is 5.95 Å². The second-order valence-corrected chi connectivity index (χ2v) is 8.10. The molecule has 1 fully saturated rings. The van der Waals surface area contributed by atoms with Gasteiger partial charge in [0.1, 0.15) is 0 Å². The van der Waals surface area contributed by atoms with Gasteiger partial charge < -0.3 is 15.5 Å². The lowest BCUT2D eigenvalue weighted by molar-refractivity contribution is 0.221. The monoisotopic (exact) mass is 383 g/mol. The fourth-order valence-corrected chi connectivity index (χ4v) is 2.97. The van der Waals surface area contributed by atoms with Crippen LogP contribution in [0.25, 0.3) is 0 Å². The third-order valence-electron chi connectivity index (χ3n) is 3.90. The molecule has 7 heteroatoms. The molecule has 0 unspecified atom stereocenters. The molecule has 6 nitrogen and oxygen atoms in total. The number of aromatic nitrogens is 2. The zero-order valence-corrected chi connectivity index (χ0v) is 15.9. The lowest BCUT2D eigenvalue weighted by Crippen LogP contribution is -2.52. The first-order valence-corrected chi connectivity index (χ1v) is 8.85. The summed E-state index contributed by atoms with van der Waals surface area (Å²) < 4.78 is 0.878. The lowest BCUT2D eigenvalue weighted by Gasteiger charge is -2.36. The molecule has 0 radical (unpaired) electrons. The maximum Gasteiger partial charge on any atom is 0.315 e. The van der Waals surface area contributed by atoms with Crippen LogP contribution in [0.3, 0.4) is 0 Å². The van der Waals surface area contributed by atoms with Gasteiger partial charge in [-0.1, -0.05) is 0 Å². The molecule has 2 rings (SSSR count). The Kier molecular flexibility index (Phi) is 5.84. The summed E-state index contributed by atoms with van der Waals surface area (Å²) in [6.45, 7) is 9.82. The molecular weight excluding hydrogens is 358 g/mol. The molecule has 0 aliphatic carbocycles. The van der Waals surface area contributed by atoms with E-state index in [4.69, 9.17) is 0 Å². The zero-order valence-electron chi connectivity index (χ0n) is 14.3. The maximum absolute atomic E-state index is 12.0. The van der Waals surface area contributed by atoms with E-state index >= 15 is 0 Å². The minimum absolute atomic E-state index is 0.107. The molecule has 0 aromatic carbocycles. The number of piperidine rings is 1. The Hall–Kier alpha value is -1.37. The van der Waals surface area contributed by atoms with Gasteiger partial charge in [-0.05, 0) is 62.4 Å². The van der Waals surface area contributed by atoms with Crippen LogP contribution in [0.2, 0.25) is 0 Å². The normalized spacial score (nSPS) is 20.0. The van der Waals surface area contributed by atoms with Crippen molar-refractivity contribution in [2.75, 3.05) is 18.0 Å². The number of amides is 2. The van der Waals surface area contributed by atoms with Crippen LogP contribution >= 0.6 is 15.9 Å². The van der Waals surface area contributed by atoms with E-state index in [0.717, 1.165) is 36.4 Å². The zero-order chi connectivity index (χ0) is 17.0. The number of halogens is 1. The first-order chi connectivity index (χ1) is 10.7. The van der Waals surface area contributed by atoms with Crippen LogP contribution in [0.15, 0.2) is 16.9 Å². The van der Waals surface area contributed by atoms with Gasteiger partial charge in [-0.15, -0.1) is 0 Å². The smallest absolute Gasteiger partial charge is 0.315 e. The highest BCUT2D eigenvalue weighted by atomic mass is 79.9. The van der Waals surface area contributed by atoms with E-state index in [1.165, 1.54) is 0 Å². The summed E-state index contributed by atoms with van der Waals surface area (Å²) in [5.74, 6) is 1.14. The van der Waals surface area contributed by atoms with E-state index in [0.29, 0.717) is 5.92 Å². The van der Waals surface area contributed by atoms with Crippen LogP contribution in [0.1, 0.15) is 40.5 Å². The van der Waals surface area contributed by atoms with Crippen LogP contribution in [-0.4, -0.2) is 40.7 Å². The molecule has 0 spiro atoms. The molecule has 128 valence electrons. The number of anilines is 1. The Morgan fingerprint density at radius 1 is 1.39 bits per heavy atom. The third-order valence-corrected chi connectivity index (χ3v) is 4.31. The highest BCUT2D eigenvalue weighted by Crippen LogP contribution is 2.23. The van der Waals surface area contributed by atoms with Crippen molar-refractivity contribution in [3.8, 4) is 0 Å². The van der Waals surface area contributed by atoms with Gasteiger partial charge in [-0.25, -0.2) is 14.8 Å². The van der Waals surface area contributed by atoms with Gasteiger partial charge in [-0.2, -0.15) is 0 Å². The molecule has 1 aromatic heterocycles. The molecule has 2 heterocycles. The standard InChI is InChI=1S/C16H26BrN5O/c1-11(20-15(23)21-16(2,3)4)12-6-5-7-22(10-12)14-18-8-13(17)9-19-14/h8-9,11-12H,5-7,10H2,1-4H3,(H2,20,21,23)/t11-,12-/m1/s1. The lowest BCUT2D eigenvalue weighted by atomic mass is 9.92. The van der Waals surface area contributed by atoms with Crippen molar-refractivity contribution < 1.29 is 4.79 Å². The Labute approximate surface area is 146 Å². The predicted octanol–water partition coefficient (Wildman–Crippen LogP) is 2.94. The van der Waals surface area contributed by atoms with Crippen LogP contribution in [0.5, 0.6) is 0 Å². The Morgan fingerprint density at radius 2 is 2.04 bits per heavy atom. The van der Waals surface area contributed by atoms with Gasteiger partial charge >= 0.3 is 6.03 Å². The van der Waals surface area contributed by atoms with E-state index in [9.17, 15) is 4.79 Å². The SMILES string of the molecule is C[C@@H](NC(=O)NC(C)(C)C)[C@@H]1CCCN(c2ncc(Br)cn2)C1. The number of hydrogen-bond acceptors (Lipinski definition) is 4. The summed E-state index contributed by atoms with van der Waals surface area (Å²) in [5.41, 5.74) is -0.229. The van der Waals surface area contributed by atoms with Crippen molar-refractivity contribution in [1.82, 2.24) is 20.6 Å². The van der Waals surface area contributed by atoms with E-state index < -0.39 is 0 Å². The van der Waals surface area contributed by atoms with Gasteiger partial charge in [0, 0.05) is 37.1 Å². The number of carbonyl (C=O) groups is 1. The van der Waals surface area contributed by atoms with Gasteiger partial charge in [0.05, 0.1) is 4.47 Å². The minimum atomic E-state index is -0.229. The second-order valence-electron chi connectivity index (χ2n) is 7.19. The number of nitrogens with one attached hydrogen (secondary N) is 2. The average molecular weight is 384 g/mol. The summed E-state index contributed by atoms with van der Waals surface area (Å²) in [6.07, 6.45) is 5.72. The Balaban J connectivity index is 1.92. The summed E-state index contributed by atoms with van der Waals surface area (Å²) in [6, 6.07) is -0.00221. The van der Waals surface area contributed by atoms with Crippen molar-refractivity contribution in [2.24, 2.45) is 5.92 Å². The molecule has 1 aliphatic heterocycles. The molecule has 2 atom stereocenters. The Morgan fingerprint density at radius 3 is 2.65 bits per heavy atom. The van der Waals surface area contributed by atoms with Crippen molar-refractivity contribution in [2.45, 2.75) is 52.1 Å². The highest BCUT2D eigenvalue weighted by Gasteiger charge is 2.27. The summed E-state index contributed by atoms with van der Waals surface area (Å²) in [4.78, 5) is 23.0. The van der Waals surface area contributed by atoms with Crippen molar-refractivity contribution >= 4 is 27.9 Å². The molecule has 1 aliphatic rings. The van der Waals surface area contributed by atoms with E-state index in [2.05, 4.69) is 48.4 Å². The fourth-order valence-electron chi connectivity index (χ4n) is 2.77. The summed E-state index contributed by atoms with van der Waals surface area (Å²) in [5, 5.41) is 6.01. The molecule has 2 N–H and O–H groups in total. The molecule has 1 aromatic rings. The highest BCUT2D eigenvalue weighted by molar-refractivity contribution is 9.10. The number of urea groups is 1. The number of hydrogen-bond donors (Lipinski definition) is 2. The summed E-state index contributed by atoms with van der Waals surface area (Å²) >= 11 is 3.36. The molecule has 0 bridgehead atoms. The van der Waals surface area contributed by atoms with Crippen molar-refractivity contribution in [1.29, 1.82) is 0 Å². The van der Waals surface area contributed by atoms with Gasteiger partial charge in [-0.3, -0.25) is 0 Å². The first-order valence-electron chi connectivity index (χ1n) is 8.06. The van der Waals surface area contributed by atoms with Crippen molar-refractivity contribution in [3.63, 3.8) is 0 Å². The Bertz CT molecular complexity index is 528. The van der Waals surface area contributed by atoms with Crippen LogP contribution < -0.4 is 15.5 Å². The maximum atomic E-state index is 12.0. The van der Waals surface area contributed by atoms with Gasteiger partial charge in [0.25, 0.3) is 0 Å². The average Bonchev–Trinajstić information content (AvgIpc) is 2.46. The number of carbonyl (C=O) groups excluding carboxylic acids is 1. The van der Waals surface area contributed by atoms with E-state index in [-0.39, 0.29) is 17.6 Å². The quantitative estimate of drug-likeness (QED) is 0.841. The van der Waals surface area contributed by atoms with E-state index in [1.54, 1.807) is 12.4 Å². The second kappa shape index (κ2) is 7.47. The molecular formula is C16H26BrN5O. The topological polar surface area (TPSA) is 70.2 Å². The van der Waals surface area contributed by atoms with E-state index in [1.807, 2.05) is 20.8 Å². The number of rotatable bonds is 3. The number of nitrogens with zero attached hydrogens (tertiary/aromatic N) is 3. The molecule has 23 heavy (non-hydrogen) atoms. The fraction of sp³-hybridized carbons (Fsp3) is 0.688.